The third-order valence-electron chi connectivity index (χ3n) is 5.16. The highest BCUT2D eigenvalue weighted by Crippen LogP contribution is 2.30. The molecule has 188 valence electrons. The number of rotatable bonds is 10. The lowest BCUT2D eigenvalue weighted by Gasteiger charge is -2.14. The van der Waals surface area contributed by atoms with Crippen LogP contribution in [-0.4, -0.2) is 50.4 Å². The highest BCUT2D eigenvalue weighted by atomic mass is 35.5. The molecule has 0 saturated carbocycles. The number of Topliss-reactive ketones (excluding diaryl/α,β-unsaturated/α-hetero) is 1. The Labute approximate surface area is 221 Å². The average Bonchev–Trinajstić information content (AvgIpc) is 3.50. The number of halogens is 2. The molecule has 0 spiro atoms. The summed E-state index contributed by atoms with van der Waals surface area (Å²) in [6.07, 6.45) is 2.10. The van der Waals surface area contributed by atoms with Gasteiger partial charge < -0.3 is 0 Å². The number of nitrogens with one attached hydrogen (secondary N) is 1. The highest BCUT2D eigenvalue weighted by molar-refractivity contribution is 7.91. The molecule has 0 aliphatic heterocycles. The van der Waals surface area contributed by atoms with Crippen molar-refractivity contribution >= 4 is 50.3 Å². The van der Waals surface area contributed by atoms with Crippen LogP contribution in [0.25, 0.3) is 10.6 Å². The summed E-state index contributed by atoms with van der Waals surface area (Å²) in [5.41, 5.74) is 1.28. The maximum Gasteiger partial charge on any atom is 0.250 e. The second-order valence-corrected chi connectivity index (χ2v) is 11.6. The van der Waals surface area contributed by atoms with Crippen LogP contribution in [0.15, 0.2) is 46.8 Å². The molecule has 0 aliphatic carbocycles. The molecule has 14 heteroatoms. The zero-order valence-electron chi connectivity index (χ0n) is 19.2. The minimum Gasteiger partial charge on any atom is -0.296 e. The lowest BCUT2D eigenvalue weighted by molar-refractivity contribution is -0.121. The number of hydrogen-bond donors (Lipinski definition) is 1. The van der Waals surface area contributed by atoms with Gasteiger partial charge in [-0.2, -0.15) is 9.52 Å². The molecule has 10 nitrogen and oxygen atoms in total. The van der Waals surface area contributed by atoms with Gasteiger partial charge in [-0.15, -0.1) is 21.5 Å². The molecule has 0 radical (unpaired) electrons. The number of thiophene rings is 1. The summed E-state index contributed by atoms with van der Waals surface area (Å²) in [5, 5.41) is 13.0. The van der Waals surface area contributed by atoms with E-state index in [-0.39, 0.29) is 23.6 Å². The van der Waals surface area contributed by atoms with Gasteiger partial charge in [0, 0.05) is 22.7 Å². The standard InChI is InChI=1S/C22H21Cl2N7O3S2/c1-3-17(29-36(33,34)22-8-7-20(35-22)18-9-10-25-13(2)26-18)19(32)12-31-28-21(27-30-31)11-14-15(23)5-4-6-16(14)24/h4-10,17,29H,3,11-12H2,1-2H3. The zero-order chi connectivity index (χ0) is 25.9. The molecule has 36 heavy (non-hydrogen) atoms. The first-order valence-electron chi connectivity index (χ1n) is 10.8. The fraction of sp³-hybridized carbons (Fsp3) is 0.273. The van der Waals surface area contributed by atoms with Crippen LogP contribution in [0.5, 0.6) is 0 Å². The van der Waals surface area contributed by atoms with Gasteiger partial charge in [-0.25, -0.2) is 18.4 Å². The Hall–Kier alpha value is -2.77. The van der Waals surface area contributed by atoms with Crippen molar-refractivity contribution in [3.63, 3.8) is 0 Å². The monoisotopic (exact) mass is 565 g/mol. The lowest BCUT2D eigenvalue weighted by Crippen LogP contribution is -2.41. The van der Waals surface area contributed by atoms with Crippen molar-refractivity contribution in [1.29, 1.82) is 0 Å². The molecule has 0 fully saturated rings. The summed E-state index contributed by atoms with van der Waals surface area (Å²) in [4.78, 5) is 23.1. The molecule has 4 aromatic rings. The number of aryl methyl sites for hydroxylation is 1. The molecule has 0 amide bonds. The molecule has 4 rings (SSSR count). The van der Waals surface area contributed by atoms with Crippen molar-refractivity contribution in [1.82, 2.24) is 34.9 Å². The van der Waals surface area contributed by atoms with Crippen LogP contribution < -0.4 is 4.72 Å². The van der Waals surface area contributed by atoms with Gasteiger partial charge >= 0.3 is 0 Å². The Bertz CT molecular complexity index is 1480. The fourth-order valence-corrected chi connectivity index (χ4v) is 6.47. The smallest absolute Gasteiger partial charge is 0.250 e. The lowest BCUT2D eigenvalue weighted by atomic mass is 10.1. The third-order valence-corrected chi connectivity index (χ3v) is 8.94. The van der Waals surface area contributed by atoms with Gasteiger partial charge in [0.1, 0.15) is 16.6 Å². The van der Waals surface area contributed by atoms with Gasteiger partial charge in [0.05, 0.1) is 16.6 Å². The molecular weight excluding hydrogens is 545 g/mol. The number of nitrogens with zero attached hydrogens (tertiary/aromatic N) is 6. The molecule has 0 bridgehead atoms. The Morgan fingerprint density at radius 3 is 2.61 bits per heavy atom. The number of benzene rings is 1. The van der Waals surface area contributed by atoms with Crippen LogP contribution in [0.3, 0.4) is 0 Å². The van der Waals surface area contributed by atoms with E-state index in [2.05, 4.69) is 30.1 Å². The van der Waals surface area contributed by atoms with Gasteiger partial charge in [-0.3, -0.25) is 4.79 Å². The van der Waals surface area contributed by atoms with E-state index in [0.29, 0.717) is 37.8 Å². The van der Waals surface area contributed by atoms with E-state index in [1.807, 2.05) is 0 Å². The van der Waals surface area contributed by atoms with Gasteiger partial charge in [-0.1, -0.05) is 36.2 Å². The Kier molecular flexibility index (Phi) is 8.10. The van der Waals surface area contributed by atoms with Crippen molar-refractivity contribution in [2.45, 2.75) is 43.5 Å². The predicted molar refractivity (Wildman–Crippen MR) is 137 cm³/mol. The van der Waals surface area contributed by atoms with E-state index >= 15 is 0 Å². The molecule has 3 aromatic heterocycles. The maximum atomic E-state index is 13.0. The van der Waals surface area contributed by atoms with Crippen molar-refractivity contribution in [3.05, 3.63) is 69.9 Å². The zero-order valence-corrected chi connectivity index (χ0v) is 22.4. The largest absolute Gasteiger partial charge is 0.296 e. The minimum atomic E-state index is -3.94. The molecule has 0 saturated heterocycles. The van der Waals surface area contributed by atoms with Gasteiger partial charge in [0.2, 0.25) is 0 Å². The SMILES string of the molecule is CCC(NS(=O)(=O)c1ccc(-c2ccnc(C)n2)s1)C(=O)Cn1nnc(Cc2c(Cl)cccc2Cl)n1. The number of carbonyl (C=O) groups excluding carboxylic acids is 1. The molecule has 3 heterocycles. The van der Waals surface area contributed by atoms with Gasteiger partial charge in [0.25, 0.3) is 10.0 Å². The van der Waals surface area contributed by atoms with E-state index in [1.54, 1.807) is 50.4 Å². The second-order valence-electron chi connectivity index (χ2n) is 7.77. The van der Waals surface area contributed by atoms with E-state index in [0.717, 1.165) is 16.1 Å². The van der Waals surface area contributed by atoms with E-state index in [4.69, 9.17) is 23.2 Å². The molecule has 1 aromatic carbocycles. The molecule has 1 N–H and O–H groups in total. The summed E-state index contributed by atoms with van der Waals surface area (Å²) in [5.74, 6) is 0.515. The number of ketones is 1. The first-order chi connectivity index (χ1) is 17.2. The molecular formula is C22H21Cl2N7O3S2. The maximum absolute atomic E-state index is 13.0. The molecule has 0 aliphatic rings. The second kappa shape index (κ2) is 11.1. The van der Waals surface area contributed by atoms with Gasteiger partial charge in [-0.05, 0) is 54.5 Å². The average molecular weight is 566 g/mol. The summed E-state index contributed by atoms with van der Waals surface area (Å²) >= 11 is 13.5. The number of hydrogen-bond acceptors (Lipinski definition) is 9. The van der Waals surface area contributed by atoms with Crippen LogP contribution >= 0.6 is 34.5 Å². The van der Waals surface area contributed by atoms with Crippen molar-refractivity contribution in [2.75, 3.05) is 0 Å². The Balaban J connectivity index is 1.43. The Morgan fingerprint density at radius 1 is 1.17 bits per heavy atom. The van der Waals surface area contributed by atoms with Crippen LogP contribution in [0.2, 0.25) is 10.0 Å². The van der Waals surface area contributed by atoms with Crippen LogP contribution in [0.1, 0.15) is 30.6 Å². The fourth-order valence-electron chi connectivity index (χ4n) is 3.34. The minimum absolute atomic E-state index is 0.0813. The van der Waals surface area contributed by atoms with Crippen LogP contribution in [0, 0.1) is 6.92 Å². The predicted octanol–water partition coefficient (Wildman–Crippen LogP) is 3.72. The van der Waals surface area contributed by atoms with Crippen LogP contribution in [0.4, 0.5) is 0 Å². The number of tetrazole rings is 1. The number of aromatic nitrogens is 6. The summed E-state index contributed by atoms with van der Waals surface area (Å²) in [6.45, 7) is 3.22. The summed E-state index contributed by atoms with van der Waals surface area (Å²) in [6, 6.07) is 9.06. The van der Waals surface area contributed by atoms with E-state index in [1.165, 1.54) is 6.07 Å². The normalized spacial score (nSPS) is 12.6. The highest BCUT2D eigenvalue weighted by Gasteiger charge is 2.26. The van der Waals surface area contributed by atoms with E-state index < -0.39 is 21.8 Å². The molecule has 1 unspecified atom stereocenters. The van der Waals surface area contributed by atoms with Crippen molar-refractivity contribution in [2.24, 2.45) is 0 Å². The quantitative estimate of drug-likeness (QED) is 0.307. The molecule has 1 atom stereocenters. The Morgan fingerprint density at radius 2 is 1.92 bits per heavy atom. The number of carbonyl (C=O) groups is 1. The first-order valence-corrected chi connectivity index (χ1v) is 13.9. The van der Waals surface area contributed by atoms with Crippen molar-refractivity contribution in [3.8, 4) is 10.6 Å². The van der Waals surface area contributed by atoms with Gasteiger partial charge in [0.15, 0.2) is 11.6 Å². The summed E-state index contributed by atoms with van der Waals surface area (Å²) < 4.78 is 28.5. The third kappa shape index (κ3) is 6.13. The first kappa shape index (κ1) is 26.3. The number of sulfonamides is 1. The summed E-state index contributed by atoms with van der Waals surface area (Å²) in [7, 11) is -3.94. The van der Waals surface area contributed by atoms with E-state index in [9.17, 15) is 13.2 Å². The topological polar surface area (TPSA) is 133 Å². The van der Waals surface area contributed by atoms with Crippen molar-refractivity contribution < 1.29 is 13.2 Å². The van der Waals surface area contributed by atoms with Crippen LogP contribution in [-0.2, 0) is 27.8 Å².